The number of esters is 1. The maximum Gasteiger partial charge on any atom is 0.319 e. The Kier molecular flexibility index (Phi) is 5.76. The molecular formula is C22H22N4O3S. The van der Waals surface area contributed by atoms with Crippen molar-refractivity contribution in [2.24, 2.45) is 0 Å². The van der Waals surface area contributed by atoms with Crippen molar-refractivity contribution >= 4 is 28.6 Å². The number of ether oxygens (including phenoxy) is 2. The molecule has 8 heteroatoms. The number of methoxy groups -OCH3 is 1. The maximum absolute atomic E-state index is 12.2. The van der Waals surface area contributed by atoms with E-state index in [-0.39, 0.29) is 5.97 Å². The van der Waals surface area contributed by atoms with Crippen LogP contribution < -0.4 is 4.74 Å². The van der Waals surface area contributed by atoms with E-state index < -0.39 is 5.25 Å². The van der Waals surface area contributed by atoms with Gasteiger partial charge in [0.2, 0.25) is 0 Å². The Morgan fingerprint density at radius 2 is 2.03 bits per heavy atom. The molecule has 1 N–H and O–H groups in total. The van der Waals surface area contributed by atoms with E-state index in [4.69, 9.17) is 9.47 Å². The molecule has 0 radical (unpaired) electrons. The molecule has 7 nitrogen and oxygen atoms in total. The Bertz CT molecular complexity index is 1180. The van der Waals surface area contributed by atoms with E-state index in [1.54, 1.807) is 21.0 Å². The fraction of sp³-hybridized carbons (Fsp3) is 0.227. The molecule has 2 aromatic carbocycles. The molecule has 1 atom stereocenters. The third kappa shape index (κ3) is 3.78. The first-order valence-electron chi connectivity index (χ1n) is 9.62. The highest BCUT2D eigenvalue weighted by Crippen LogP contribution is 2.34. The van der Waals surface area contributed by atoms with Crippen LogP contribution in [0.15, 0.2) is 59.9 Å². The molecule has 0 spiro atoms. The number of H-pyrrole nitrogens is 1. The minimum absolute atomic E-state index is 0.281. The van der Waals surface area contributed by atoms with Crippen LogP contribution in [0.4, 0.5) is 0 Å². The van der Waals surface area contributed by atoms with E-state index in [9.17, 15) is 4.79 Å². The lowest BCUT2D eigenvalue weighted by atomic mass is 10.1. The van der Waals surface area contributed by atoms with Crippen LogP contribution in [0, 0.1) is 0 Å². The van der Waals surface area contributed by atoms with E-state index >= 15 is 0 Å². The minimum Gasteiger partial charge on any atom is -0.497 e. The summed E-state index contributed by atoms with van der Waals surface area (Å²) >= 11 is 1.31. The predicted molar refractivity (Wildman–Crippen MR) is 117 cm³/mol. The van der Waals surface area contributed by atoms with E-state index in [1.165, 1.54) is 11.8 Å². The molecule has 0 aliphatic rings. The number of rotatable bonds is 7. The first kappa shape index (κ1) is 20.0. The molecule has 0 bridgehead atoms. The number of aromatic amines is 1. The summed E-state index contributed by atoms with van der Waals surface area (Å²) < 4.78 is 12.5. The van der Waals surface area contributed by atoms with Crippen LogP contribution in [0.2, 0.25) is 0 Å². The normalized spacial score (nSPS) is 12.1. The van der Waals surface area contributed by atoms with Gasteiger partial charge in [-0.25, -0.2) is 0 Å². The monoisotopic (exact) mass is 422 g/mol. The predicted octanol–water partition coefficient (Wildman–Crippen LogP) is 4.47. The van der Waals surface area contributed by atoms with Crippen molar-refractivity contribution < 1.29 is 14.3 Å². The van der Waals surface area contributed by atoms with E-state index in [1.807, 2.05) is 59.3 Å². The number of thioether (sulfide) groups is 1. The Labute approximate surface area is 178 Å². The number of benzene rings is 2. The summed E-state index contributed by atoms with van der Waals surface area (Å²) in [6, 6.07) is 15.7. The van der Waals surface area contributed by atoms with Gasteiger partial charge in [0.1, 0.15) is 11.0 Å². The smallest absolute Gasteiger partial charge is 0.319 e. The number of nitrogens with zero attached hydrogens (tertiary/aromatic N) is 3. The van der Waals surface area contributed by atoms with Crippen LogP contribution in [0.5, 0.6) is 5.75 Å². The zero-order valence-corrected chi connectivity index (χ0v) is 17.8. The third-order valence-corrected chi connectivity index (χ3v) is 5.70. The van der Waals surface area contributed by atoms with Crippen molar-refractivity contribution in [3.8, 4) is 22.8 Å². The second-order valence-electron chi connectivity index (χ2n) is 6.60. The SMILES string of the molecule is CCOC(=O)[C@H](C)Sc1nnc(-c2c[nH]c3ccccc23)n1-c1cccc(OC)c1. The van der Waals surface area contributed by atoms with Gasteiger partial charge in [-0.15, -0.1) is 10.2 Å². The largest absolute Gasteiger partial charge is 0.497 e. The Hall–Kier alpha value is -3.26. The fourth-order valence-corrected chi connectivity index (χ4v) is 4.09. The number of nitrogens with one attached hydrogen (secondary N) is 1. The summed E-state index contributed by atoms with van der Waals surface area (Å²) in [6.07, 6.45) is 1.93. The molecule has 0 fully saturated rings. The minimum atomic E-state index is -0.422. The first-order valence-corrected chi connectivity index (χ1v) is 10.5. The summed E-state index contributed by atoms with van der Waals surface area (Å²) in [5.41, 5.74) is 2.79. The molecule has 4 aromatic rings. The average Bonchev–Trinajstić information content (AvgIpc) is 3.37. The van der Waals surface area contributed by atoms with E-state index in [2.05, 4.69) is 15.2 Å². The Morgan fingerprint density at radius 3 is 2.83 bits per heavy atom. The number of para-hydroxylation sites is 1. The summed E-state index contributed by atoms with van der Waals surface area (Å²) in [5.74, 6) is 1.12. The maximum atomic E-state index is 12.2. The molecule has 154 valence electrons. The van der Waals surface area contributed by atoms with Crippen LogP contribution in [0.3, 0.4) is 0 Å². The zero-order chi connectivity index (χ0) is 21.1. The number of hydrogen-bond acceptors (Lipinski definition) is 6. The second kappa shape index (κ2) is 8.62. The van der Waals surface area contributed by atoms with Gasteiger partial charge >= 0.3 is 5.97 Å². The van der Waals surface area contributed by atoms with Crippen LogP contribution >= 0.6 is 11.8 Å². The van der Waals surface area contributed by atoms with Crippen LogP contribution in [-0.2, 0) is 9.53 Å². The zero-order valence-electron chi connectivity index (χ0n) is 17.0. The van der Waals surface area contributed by atoms with Gasteiger partial charge in [-0.1, -0.05) is 36.0 Å². The topological polar surface area (TPSA) is 82.0 Å². The molecule has 0 aliphatic heterocycles. The summed E-state index contributed by atoms with van der Waals surface area (Å²) in [6.45, 7) is 3.94. The molecule has 4 rings (SSSR count). The van der Waals surface area contributed by atoms with E-state index in [0.29, 0.717) is 17.6 Å². The third-order valence-electron chi connectivity index (χ3n) is 4.68. The second-order valence-corrected chi connectivity index (χ2v) is 7.91. The Morgan fingerprint density at radius 1 is 1.20 bits per heavy atom. The molecule has 0 amide bonds. The van der Waals surface area contributed by atoms with Crippen LogP contribution in [0.25, 0.3) is 28.0 Å². The van der Waals surface area contributed by atoms with Gasteiger partial charge in [-0.2, -0.15) is 0 Å². The molecule has 2 aromatic heterocycles. The molecule has 0 aliphatic carbocycles. The fourth-order valence-electron chi connectivity index (χ4n) is 3.23. The van der Waals surface area contributed by atoms with Gasteiger partial charge in [-0.05, 0) is 32.0 Å². The van der Waals surface area contributed by atoms with Gasteiger partial charge < -0.3 is 14.5 Å². The van der Waals surface area contributed by atoms with Crippen molar-refractivity contribution in [1.82, 2.24) is 19.7 Å². The quantitative estimate of drug-likeness (QED) is 0.350. The number of carbonyl (C=O) groups excluding carboxylic acids is 1. The number of fused-ring (bicyclic) bond motifs is 1. The van der Waals surface area contributed by atoms with Crippen molar-refractivity contribution in [3.05, 3.63) is 54.7 Å². The van der Waals surface area contributed by atoms with Gasteiger partial charge in [0.15, 0.2) is 11.0 Å². The van der Waals surface area contributed by atoms with Crippen molar-refractivity contribution in [3.63, 3.8) is 0 Å². The van der Waals surface area contributed by atoms with Crippen molar-refractivity contribution in [1.29, 1.82) is 0 Å². The lowest BCUT2D eigenvalue weighted by molar-refractivity contribution is -0.142. The molecule has 2 heterocycles. The highest BCUT2D eigenvalue weighted by molar-refractivity contribution is 8.00. The van der Waals surface area contributed by atoms with Crippen molar-refractivity contribution in [2.75, 3.05) is 13.7 Å². The first-order chi connectivity index (χ1) is 14.6. The lowest BCUT2D eigenvalue weighted by Gasteiger charge is -2.13. The molecule has 0 saturated carbocycles. The van der Waals surface area contributed by atoms with Crippen LogP contribution in [-0.4, -0.2) is 44.7 Å². The number of hydrogen-bond donors (Lipinski definition) is 1. The summed E-state index contributed by atoms with van der Waals surface area (Å²) in [5, 5.41) is 10.1. The lowest BCUT2D eigenvalue weighted by Crippen LogP contribution is -2.17. The summed E-state index contributed by atoms with van der Waals surface area (Å²) in [7, 11) is 1.63. The van der Waals surface area contributed by atoms with Crippen LogP contribution in [0.1, 0.15) is 13.8 Å². The van der Waals surface area contributed by atoms with Gasteiger partial charge in [0, 0.05) is 28.7 Å². The van der Waals surface area contributed by atoms with Gasteiger partial charge in [0.05, 0.1) is 19.4 Å². The van der Waals surface area contributed by atoms with Gasteiger partial charge in [-0.3, -0.25) is 9.36 Å². The molecule has 0 unspecified atom stereocenters. The molecule has 30 heavy (non-hydrogen) atoms. The highest BCUT2D eigenvalue weighted by Gasteiger charge is 2.24. The number of carbonyl (C=O) groups is 1. The molecule has 0 saturated heterocycles. The average molecular weight is 423 g/mol. The highest BCUT2D eigenvalue weighted by atomic mass is 32.2. The molecular weight excluding hydrogens is 400 g/mol. The van der Waals surface area contributed by atoms with Crippen molar-refractivity contribution in [2.45, 2.75) is 24.3 Å². The number of aromatic nitrogens is 4. The van der Waals surface area contributed by atoms with E-state index in [0.717, 1.165) is 27.9 Å². The summed E-state index contributed by atoms with van der Waals surface area (Å²) in [4.78, 5) is 15.5. The standard InChI is InChI=1S/C22H22N4O3S/c1-4-29-21(27)14(2)30-22-25-24-20(18-13-23-19-11-6-5-10-17(18)19)26(22)15-8-7-9-16(12-15)28-3/h5-14,23H,4H2,1-3H3/t14-/m0/s1. The van der Waals surface area contributed by atoms with Gasteiger partial charge in [0.25, 0.3) is 0 Å². The Balaban J connectivity index is 1.84.